The lowest BCUT2D eigenvalue weighted by Crippen LogP contribution is -2.40. The van der Waals surface area contributed by atoms with Gasteiger partial charge in [-0.15, -0.1) is 0 Å². The highest BCUT2D eigenvalue weighted by Crippen LogP contribution is 2.59. The van der Waals surface area contributed by atoms with E-state index in [1.54, 1.807) is 0 Å². The van der Waals surface area contributed by atoms with Crippen LogP contribution in [0.15, 0.2) is 24.3 Å². The first-order chi connectivity index (χ1) is 6.71. The molecule has 14 heavy (non-hydrogen) atoms. The van der Waals surface area contributed by atoms with Crippen LogP contribution in [0.3, 0.4) is 0 Å². The van der Waals surface area contributed by atoms with Gasteiger partial charge in [-0.3, -0.25) is 0 Å². The second-order valence-corrected chi connectivity index (χ2v) is 5.36. The lowest BCUT2D eigenvalue weighted by Gasteiger charge is -2.44. The Labute approximate surface area is 85.5 Å². The third-order valence-corrected chi connectivity index (χ3v) is 4.58. The molecule has 3 aliphatic rings. The number of fused-ring (bicyclic) bond motifs is 1. The number of aliphatic hydroxyl groups is 1. The summed E-state index contributed by atoms with van der Waals surface area (Å²) < 4.78 is 0. The summed E-state index contributed by atoms with van der Waals surface area (Å²) in [7, 11) is 0. The van der Waals surface area contributed by atoms with Crippen LogP contribution in [-0.2, 0) is 0 Å². The molecule has 2 bridgehead atoms. The molecule has 0 heterocycles. The standard InChI is InChI=1S/C13H18O/c1-9-7-13-5-3-2-4-11(13)12(14)6-10(9)8-13/h3,5,10-12,14H,1-2,4,6-8H2/t10-,11-,12+,13-/m1/s1. The van der Waals surface area contributed by atoms with E-state index < -0.39 is 0 Å². The summed E-state index contributed by atoms with van der Waals surface area (Å²) >= 11 is 0. The van der Waals surface area contributed by atoms with Crippen molar-refractivity contribution in [2.45, 2.75) is 38.2 Å². The van der Waals surface area contributed by atoms with Crippen LogP contribution in [0.5, 0.6) is 0 Å². The molecule has 0 aromatic carbocycles. The minimum atomic E-state index is -0.0713. The molecule has 4 atom stereocenters. The molecule has 1 spiro atoms. The molecule has 0 aliphatic heterocycles. The number of aliphatic hydroxyl groups excluding tert-OH is 1. The molecule has 1 N–H and O–H groups in total. The number of allylic oxidation sites excluding steroid dienone is 3. The fourth-order valence-electron chi connectivity index (χ4n) is 3.94. The summed E-state index contributed by atoms with van der Waals surface area (Å²) in [4.78, 5) is 0. The maximum atomic E-state index is 10.1. The van der Waals surface area contributed by atoms with Crippen LogP contribution in [-0.4, -0.2) is 11.2 Å². The average molecular weight is 190 g/mol. The van der Waals surface area contributed by atoms with Crippen molar-refractivity contribution in [3.63, 3.8) is 0 Å². The fraction of sp³-hybridized carbons (Fsp3) is 0.692. The lowest BCUT2D eigenvalue weighted by molar-refractivity contribution is -0.00570. The number of hydrogen-bond donors (Lipinski definition) is 1. The third kappa shape index (κ3) is 0.993. The maximum absolute atomic E-state index is 10.1. The van der Waals surface area contributed by atoms with Gasteiger partial charge in [0.15, 0.2) is 0 Å². The molecule has 0 aromatic heterocycles. The van der Waals surface area contributed by atoms with Gasteiger partial charge >= 0.3 is 0 Å². The van der Waals surface area contributed by atoms with Gasteiger partial charge in [-0.25, -0.2) is 0 Å². The van der Waals surface area contributed by atoms with Crippen molar-refractivity contribution in [2.75, 3.05) is 0 Å². The first-order valence-electron chi connectivity index (χ1n) is 5.75. The molecule has 3 rings (SSSR count). The Morgan fingerprint density at radius 1 is 1.50 bits per heavy atom. The predicted molar refractivity (Wildman–Crippen MR) is 56.8 cm³/mol. The minimum absolute atomic E-state index is 0.0713. The van der Waals surface area contributed by atoms with Crippen LogP contribution in [0.1, 0.15) is 32.1 Å². The molecular formula is C13H18O. The summed E-state index contributed by atoms with van der Waals surface area (Å²) in [6.45, 7) is 4.17. The minimum Gasteiger partial charge on any atom is -0.393 e. The van der Waals surface area contributed by atoms with Gasteiger partial charge in [0, 0.05) is 0 Å². The van der Waals surface area contributed by atoms with Crippen molar-refractivity contribution in [1.82, 2.24) is 0 Å². The molecule has 0 unspecified atom stereocenters. The van der Waals surface area contributed by atoms with Crippen molar-refractivity contribution in [3.8, 4) is 0 Å². The van der Waals surface area contributed by atoms with E-state index in [0.29, 0.717) is 17.3 Å². The zero-order valence-corrected chi connectivity index (χ0v) is 8.58. The molecule has 76 valence electrons. The molecule has 3 aliphatic carbocycles. The van der Waals surface area contributed by atoms with E-state index in [1.807, 2.05) is 0 Å². The van der Waals surface area contributed by atoms with E-state index in [2.05, 4.69) is 18.7 Å². The van der Waals surface area contributed by atoms with E-state index in [4.69, 9.17) is 0 Å². The van der Waals surface area contributed by atoms with Gasteiger partial charge in [-0.1, -0.05) is 24.3 Å². The van der Waals surface area contributed by atoms with Crippen LogP contribution in [0.2, 0.25) is 0 Å². The highest BCUT2D eigenvalue weighted by atomic mass is 16.3. The van der Waals surface area contributed by atoms with Crippen molar-refractivity contribution >= 4 is 0 Å². The molecular weight excluding hydrogens is 172 g/mol. The Balaban J connectivity index is 2.03. The summed E-state index contributed by atoms with van der Waals surface area (Å²) in [5, 5.41) is 10.1. The van der Waals surface area contributed by atoms with Gasteiger partial charge < -0.3 is 5.11 Å². The Kier molecular flexibility index (Phi) is 1.70. The molecule has 2 fully saturated rings. The average Bonchev–Trinajstić information content (AvgIpc) is 2.39. The van der Waals surface area contributed by atoms with Crippen molar-refractivity contribution < 1.29 is 5.11 Å². The van der Waals surface area contributed by atoms with Gasteiger partial charge in [-0.2, -0.15) is 0 Å². The van der Waals surface area contributed by atoms with Crippen LogP contribution in [0.25, 0.3) is 0 Å². The van der Waals surface area contributed by atoms with Crippen LogP contribution >= 0.6 is 0 Å². The van der Waals surface area contributed by atoms with Crippen molar-refractivity contribution in [3.05, 3.63) is 24.3 Å². The molecule has 0 aromatic rings. The van der Waals surface area contributed by atoms with Crippen molar-refractivity contribution in [1.29, 1.82) is 0 Å². The van der Waals surface area contributed by atoms with E-state index in [9.17, 15) is 5.11 Å². The first-order valence-corrected chi connectivity index (χ1v) is 5.75. The Hall–Kier alpha value is -0.560. The summed E-state index contributed by atoms with van der Waals surface area (Å²) in [5.74, 6) is 1.12. The van der Waals surface area contributed by atoms with Gasteiger partial charge in [-0.05, 0) is 49.4 Å². The molecule has 0 saturated heterocycles. The van der Waals surface area contributed by atoms with Crippen molar-refractivity contribution in [2.24, 2.45) is 17.3 Å². The summed E-state index contributed by atoms with van der Waals surface area (Å²) in [5.41, 5.74) is 1.69. The molecule has 1 heteroatoms. The molecule has 0 radical (unpaired) electrons. The van der Waals surface area contributed by atoms with Gasteiger partial charge in [0.05, 0.1) is 6.10 Å². The number of rotatable bonds is 0. The van der Waals surface area contributed by atoms with E-state index in [1.165, 1.54) is 18.4 Å². The summed E-state index contributed by atoms with van der Waals surface area (Å²) in [6.07, 6.45) is 10.3. The predicted octanol–water partition coefficient (Wildman–Crippen LogP) is 2.67. The molecule has 1 nitrogen and oxygen atoms in total. The lowest BCUT2D eigenvalue weighted by atomic mass is 9.62. The Morgan fingerprint density at radius 3 is 3.21 bits per heavy atom. The van der Waals surface area contributed by atoms with Gasteiger partial charge in [0.25, 0.3) is 0 Å². The normalized spacial score (nSPS) is 50.6. The van der Waals surface area contributed by atoms with Crippen LogP contribution < -0.4 is 0 Å². The fourth-order valence-corrected chi connectivity index (χ4v) is 3.94. The maximum Gasteiger partial charge on any atom is 0.0582 e. The topological polar surface area (TPSA) is 20.2 Å². The second kappa shape index (κ2) is 2.73. The largest absolute Gasteiger partial charge is 0.393 e. The third-order valence-electron chi connectivity index (χ3n) is 4.58. The van der Waals surface area contributed by atoms with Crippen LogP contribution in [0, 0.1) is 17.3 Å². The van der Waals surface area contributed by atoms with E-state index >= 15 is 0 Å². The Morgan fingerprint density at radius 2 is 2.36 bits per heavy atom. The Bertz CT molecular complexity index is 304. The number of hydrogen-bond acceptors (Lipinski definition) is 1. The second-order valence-electron chi connectivity index (χ2n) is 5.36. The van der Waals surface area contributed by atoms with Gasteiger partial charge in [0.1, 0.15) is 0 Å². The smallest absolute Gasteiger partial charge is 0.0582 e. The summed E-state index contributed by atoms with van der Waals surface area (Å²) in [6, 6.07) is 0. The quantitative estimate of drug-likeness (QED) is 0.582. The first kappa shape index (κ1) is 8.72. The van der Waals surface area contributed by atoms with E-state index in [0.717, 1.165) is 19.3 Å². The molecule has 0 amide bonds. The zero-order chi connectivity index (χ0) is 9.76. The SMILES string of the molecule is C=C1C[C@@]23C=CCC[C@@H]2[C@@H](O)C[C@@H]1C3. The monoisotopic (exact) mass is 190 g/mol. The van der Waals surface area contributed by atoms with Crippen LogP contribution in [0.4, 0.5) is 0 Å². The highest BCUT2D eigenvalue weighted by Gasteiger charge is 2.52. The molecule has 2 saturated carbocycles. The highest BCUT2D eigenvalue weighted by molar-refractivity contribution is 5.25. The van der Waals surface area contributed by atoms with E-state index in [-0.39, 0.29) is 6.10 Å². The van der Waals surface area contributed by atoms with Gasteiger partial charge in [0.2, 0.25) is 0 Å². The zero-order valence-electron chi connectivity index (χ0n) is 8.58.